The van der Waals surface area contributed by atoms with Crippen molar-refractivity contribution in [3.05, 3.63) is 23.8 Å². The van der Waals surface area contributed by atoms with Crippen LogP contribution in [0.15, 0.2) is 18.2 Å². The number of carboxylic acid groups (broad SMARTS) is 1. The first-order valence-electron chi connectivity index (χ1n) is 7.60. The highest BCUT2D eigenvalue weighted by atomic mass is 19.3. The number of carbonyl (C=O) groups is 2. The number of carbonyl (C=O) groups excluding carboxylic acids is 1. The molecule has 0 atom stereocenters. The Hall–Kier alpha value is -2.42. The quantitative estimate of drug-likeness (QED) is 0.774. The van der Waals surface area contributed by atoms with Gasteiger partial charge in [-0.2, -0.15) is 8.78 Å². The van der Waals surface area contributed by atoms with Gasteiger partial charge in [0.15, 0.2) is 11.5 Å². The van der Waals surface area contributed by atoms with Gasteiger partial charge in [-0.15, -0.1) is 0 Å². The van der Waals surface area contributed by atoms with Crippen molar-refractivity contribution in [3.63, 3.8) is 0 Å². The third-order valence-electron chi connectivity index (χ3n) is 3.96. The Bertz CT molecular complexity index is 631. The first-order chi connectivity index (χ1) is 11.8. The minimum absolute atomic E-state index is 0.0211. The van der Waals surface area contributed by atoms with E-state index in [1.807, 2.05) is 0 Å². The number of hydrogen-bond donors (Lipinski definition) is 2. The number of aliphatic carboxylic acids is 1. The Morgan fingerprint density at radius 2 is 2.00 bits per heavy atom. The van der Waals surface area contributed by atoms with Gasteiger partial charge in [-0.05, 0) is 31.0 Å². The molecule has 138 valence electrons. The van der Waals surface area contributed by atoms with E-state index in [9.17, 15) is 18.4 Å². The number of amides is 1. The number of halogens is 2. The van der Waals surface area contributed by atoms with Crippen LogP contribution in [-0.4, -0.2) is 49.5 Å². The summed E-state index contributed by atoms with van der Waals surface area (Å²) in [7, 11) is 1.26. The fraction of sp³-hybridized carbons (Fsp3) is 0.500. The van der Waals surface area contributed by atoms with E-state index in [1.54, 1.807) is 0 Å². The topological polar surface area (TPSA) is 94.1 Å². The summed E-state index contributed by atoms with van der Waals surface area (Å²) < 4.78 is 39.2. The Morgan fingerprint density at radius 3 is 2.56 bits per heavy atom. The van der Waals surface area contributed by atoms with Crippen LogP contribution in [0.5, 0.6) is 11.5 Å². The maximum atomic E-state index is 12.5. The summed E-state index contributed by atoms with van der Waals surface area (Å²) in [5.74, 6) is -1.77. The summed E-state index contributed by atoms with van der Waals surface area (Å²) in [5, 5.41) is 11.9. The number of benzene rings is 1. The first-order valence-corrected chi connectivity index (χ1v) is 7.60. The van der Waals surface area contributed by atoms with Crippen LogP contribution in [-0.2, 0) is 9.53 Å². The van der Waals surface area contributed by atoms with Crippen LogP contribution in [0.25, 0.3) is 0 Å². The first kappa shape index (κ1) is 18.9. The van der Waals surface area contributed by atoms with Crippen molar-refractivity contribution in [2.75, 3.05) is 20.3 Å². The van der Waals surface area contributed by atoms with Crippen LogP contribution in [0.3, 0.4) is 0 Å². The SMILES string of the molecule is COc1cc(C(=O)NC2(CC(=O)O)CCOCC2)ccc1OC(F)F. The number of carboxylic acids is 1. The molecule has 0 saturated carbocycles. The predicted octanol–water partition coefficient (Wildman–Crippen LogP) is 2.05. The van der Waals surface area contributed by atoms with E-state index in [2.05, 4.69) is 10.1 Å². The lowest BCUT2D eigenvalue weighted by atomic mass is 9.86. The van der Waals surface area contributed by atoms with E-state index >= 15 is 0 Å². The van der Waals surface area contributed by atoms with E-state index in [0.29, 0.717) is 26.1 Å². The summed E-state index contributed by atoms with van der Waals surface area (Å²) in [6, 6.07) is 3.78. The molecular weight excluding hydrogens is 340 g/mol. The highest BCUT2D eigenvalue weighted by Gasteiger charge is 2.36. The summed E-state index contributed by atoms with van der Waals surface area (Å²) in [6.07, 6.45) is 0.509. The number of alkyl halides is 2. The summed E-state index contributed by atoms with van der Waals surface area (Å²) >= 11 is 0. The van der Waals surface area contributed by atoms with Crippen LogP contribution in [0.1, 0.15) is 29.6 Å². The molecule has 1 aliphatic rings. The fourth-order valence-corrected chi connectivity index (χ4v) is 2.71. The Morgan fingerprint density at radius 1 is 1.32 bits per heavy atom. The van der Waals surface area contributed by atoms with Gasteiger partial charge < -0.3 is 24.6 Å². The van der Waals surface area contributed by atoms with Crippen molar-refractivity contribution in [1.29, 1.82) is 0 Å². The molecule has 1 amide bonds. The molecule has 0 radical (unpaired) electrons. The number of nitrogens with one attached hydrogen (secondary N) is 1. The van der Waals surface area contributed by atoms with E-state index in [-0.39, 0.29) is 23.5 Å². The summed E-state index contributed by atoms with van der Waals surface area (Å²) in [6.45, 7) is -2.33. The van der Waals surface area contributed by atoms with Gasteiger partial charge in [0, 0.05) is 18.8 Å². The van der Waals surface area contributed by atoms with Crippen molar-refractivity contribution in [1.82, 2.24) is 5.32 Å². The third kappa shape index (κ3) is 5.02. The molecule has 9 heteroatoms. The molecule has 1 heterocycles. The van der Waals surface area contributed by atoms with E-state index in [1.165, 1.54) is 25.3 Å². The summed E-state index contributed by atoms with van der Waals surface area (Å²) in [4.78, 5) is 23.7. The van der Waals surface area contributed by atoms with Gasteiger partial charge in [0.1, 0.15) is 0 Å². The highest BCUT2D eigenvalue weighted by Crippen LogP contribution is 2.30. The molecule has 0 spiro atoms. The Labute approximate surface area is 142 Å². The molecule has 0 aliphatic carbocycles. The second-order valence-electron chi connectivity index (χ2n) is 5.66. The van der Waals surface area contributed by atoms with E-state index in [4.69, 9.17) is 14.6 Å². The molecule has 2 rings (SSSR count). The van der Waals surface area contributed by atoms with Crippen molar-refractivity contribution in [2.45, 2.75) is 31.4 Å². The van der Waals surface area contributed by atoms with E-state index < -0.39 is 24.0 Å². The van der Waals surface area contributed by atoms with Crippen LogP contribution in [0.4, 0.5) is 8.78 Å². The molecule has 25 heavy (non-hydrogen) atoms. The maximum absolute atomic E-state index is 12.5. The molecule has 1 aromatic carbocycles. The number of hydrogen-bond acceptors (Lipinski definition) is 5. The highest BCUT2D eigenvalue weighted by molar-refractivity contribution is 5.95. The molecular formula is C16H19F2NO6. The Kier molecular flexibility index (Phi) is 6.13. The van der Waals surface area contributed by atoms with Crippen molar-refractivity contribution in [3.8, 4) is 11.5 Å². The lowest BCUT2D eigenvalue weighted by Crippen LogP contribution is -2.53. The molecule has 0 bridgehead atoms. The second kappa shape index (κ2) is 8.11. The molecule has 0 aromatic heterocycles. The average Bonchev–Trinajstić information content (AvgIpc) is 2.54. The smallest absolute Gasteiger partial charge is 0.387 e. The minimum Gasteiger partial charge on any atom is -0.493 e. The number of rotatable bonds is 7. The van der Waals surface area contributed by atoms with Gasteiger partial charge in [0.2, 0.25) is 0 Å². The van der Waals surface area contributed by atoms with Gasteiger partial charge in [-0.3, -0.25) is 9.59 Å². The molecule has 2 N–H and O–H groups in total. The van der Waals surface area contributed by atoms with Gasteiger partial charge in [-0.1, -0.05) is 0 Å². The third-order valence-corrected chi connectivity index (χ3v) is 3.96. The zero-order valence-electron chi connectivity index (χ0n) is 13.6. The van der Waals surface area contributed by atoms with Crippen LogP contribution < -0.4 is 14.8 Å². The fourth-order valence-electron chi connectivity index (χ4n) is 2.71. The average molecular weight is 359 g/mol. The van der Waals surface area contributed by atoms with Crippen LogP contribution in [0, 0.1) is 0 Å². The molecule has 1 fully saturated rings. The molecule has 0 unspecified atom stereocenters. The maximum Gasteiger partial charge on any atom is 0.387 e. The largest absolute Gasteiger partial charge is 0.493 e. The van der Waals surface area contributed by atoms with Gasteiger partial charge in [0.05, 0.1) is 19.1 Å². The molecule has 1 saturated heterocycles. The van der Waals surface area contributed by atoms with Crippen LogP contribution in [0.2, 0.25) is 0 Å². The normalized spacial score (nSPS) is 16.3. The van der Waals surface area contributed by atoms with Crippen LogP contribution >= 0.6 is 0 Å². The van der Waals surface area contributed by atoms with Gasteiger partial charge >= 0.3 is 12.6 Å². The standard InChI is InChI=1S/C16H19F2NO6/c1-23-12-8-10(2-3-11(12)25-15(17)18)14(22)19-16(9-13(20)21)4-6-24-7-5-16/h2-3,8,15H,4-7,9H2,1H3,(H,19,22)(H,20,21). The molecule has 7 nitrogen and oxygen atoms in total. The Balaban J connectivity index is 2.19. The second-order valence-corrected chi connectivity index (χ2v) is 5.66. The minimum atomic E-state index is -3.02. The monoisotopic (exact) mass is 359 g/mol. The lowest BCUT2D eigenvalue weighted by Gasteiger charge is -2.36. The zero-order valence-corrected chi connectivity index (χ0v) is 13.6. The van der Waals surface area contributed by atoms with Gasteiger partial charge in [-0.25, -0.2) is 0 Å². The van der Waals surface area contributed by atoms with Crippen molar-refractivity contribution in [2.24, 2.45) is 0 Å². The lowest BCUT2D eigenvalue weighted by molar-refractivity contribution is -0.139. The molecule has 1 aliphatic heterocycles. The number of methoxy groups -OCH3 is 1. The van der Waals surface area contributed by atoms with Crippen molar-refractivity contribution < 1.29 is 37.7 Å². The van der Waals surface area contributed by atoms with Crippen molar-refractivity contribution >= 4 is 11.9 Å². The number of ether oxygens (including phenoxy) is 3. The zero-order chi connectivity index (χ0) is 18.4. The predicted molar refractivity (Wildman–Crippen MR) is 82.1 cm³/mol. The van der Waals surface area contributed by atoms with E-state index in [0.717, 1.165) is 0 Å². The molecule has 1 aromatic rings. The summed E-state index contributed by atoms with van der Waals surface area (Å²) in [5.41, 5.74) is -0.762. The van der Waals surface area contributed by atoms with Gasteiger partial charge in [0.25, 0.3) is 5.91 Å².